The molecule has 20 heavy (non-hydrogen) atoms. The largest absolute Gasteiger partial charge is 0.327 e. The third-order valence-electron chi connectivity index (χ3n) is 3.30. The van der Waals surface area contributed by atoms with Crippen LogP contribution in [0.2, 0.25) is 0 Å². The van der Waals surface area contributed by atoms with Crippen LogP contribution in [0, 0.1) is 11.3 Å². The van der Waals surface area contributed by atoms with Crippen LogP contribution >= 0.6 is 11.6 Å². The van der Waals surface area contributed by atoms with E-state index < -0.39 is 10.8 Å². The molecule has 1 aromatic carbocycles. The van der Waals surface area contributed by atoms with E-state index in [2.05, 4.69) is 11.1 Å². The number of nitriles is 1. The number of hydrogen-bond donors (Lipinski definition) is 0. The summed E-state index contributed by atoms with van der Waals surface area (Å²) in [4.78, 5) is 4.54. The minimum atomic E-state index is -0.904. The van der Waals surface area contributed by atoms with Crippen molar-refractivity contribution in [1.29, 1.82) is 5.26 Å². The average molecular weight is 310 g/mol. The fourth-order valence-electron chi connectivity index (χ4n) is 2.13. The number of aromatic nitrogens is 2. The molecule has 1 heterocycles. The van der Waals surface area contributed by atoms with Gasteiger partial charge in [0.15, 0.2) is 0 Å². The van der Waals surface area contributed by atoms with Gasteiger partial charge in [-0.2, -0.15) is 5.26 Å². The molecule has 2 atom stereocenters. The summed E-state index contributed by atoms with van der Waals surface area (Å²) in [5, 5.41) is 9.18. The first kappa shape index (κ1) is 15.0. The summed E-state index contributed by atoms with van der Waals surface area (Å²) in [5.41, 5.74) is 2.16. The lowest BCUT2D eigenvalue weighted by Crippen LogP contribution is -2.19. The summed E-state index contributed by atoms with van der Waals surface area (Å²) in [7, 11) is -0.904. The molecule has 0 fully saturated rings. The van der Waals surface area contributed by atoms with Gasteiger partial charge in [0.25, 0.3) is 0 Å². The number of hydrogen-bond acceptors (Lipinski definition) is 3. The summed E-state index contributed by atoms with van der Waals surface area (Å²) in [6.45, 7) is 2.56. The molecular formula is C14H16ClN3OS. The van der Waals surface area contributed by atoms with Gasteiger partial charge in [-0.1, -0.05) is 6.07 Å². The average Bonchev–Trinajstić information content (AvgIpc) is 2.77. The number of imidazole rings is 1. The fourth-order valence-corrected chi connectivity index (χ4v) is 2.65. The number of rotatable bonds is 5. The second-order valence-corrected chi connectivity index (χ2v) is 6.85. The molecule has 0 saturated heterocycles. The Morgan fingerprint density at radius 3 is 2.90 bits per heavy atom. The molecule has 0 radical (unpaired) electrons. The van der Waals surface area contributed by atoms with E-state index in [0.29, 0.717) is 29.9 Å². The quantitative estimate of drug-likeness (QED) is 0.797. The van der Waals surface area contributed by atoms with E-state index in [1.165, 1.54) is 0 Å². The Labute approximate surface area is 125 Å². The van der Waals surface area contributed by atoms with Gasteiger partial charge in [0.1, 0.15) is 17.4 Å². The first-order valence-corrected chi connectivity index (χ1v) is 8.50. The Balaban J connectivity index is 2.57. The Bertz CT molecular complexity index is 690. The zero-order chi connectivity index (χ0) is 14.7. The number of fused-ring (bicyclic) bond motifs is 1. The fraction of sp³-hybridized carbons (Fsp3) is 0.429. The predicted octanol–water partition coefficient (Wildman–Crippen LogP) is 2.46. The molecule has 0 aliphatic rings. The molecule has 2 rings (SSSR count). The molecule has 0 spiro atoms. The van der Waals surface area contributed by atoms with Crippen molar-refractivity contribution in [2.24, 2.45) is 0 Å². The molecular weight excluding hydrogens is 294 g/mol. The van der Waals surface area contributed by atoms with E-state index in [9.17, 15) is 4.21 Å². The van der Waals surface area contributed by atoms with Crippen molar-refractivity contribution < 1.29 is 4.21 Å². The summed E-state index contributed by atoms with van der Waals surface area (Å²) < 4.78 is 13.6. The number of halogens is 1. The lowest BCUT2D eigenvalue weighted by molar-refractivity contribution is 0.635. The van der Waals surface area contributed by atoms with E-state index >= 15 is 0 Å². The Morgan fingerprint density at radius 1 is 1.55 bits per heavy atom. The molecule has 0 amide bonds. The molecule has 6 heteroatoms. The van der Waals surface area contributed by atoms with Gasteiger partial charge < -0.3 is 4.57 Å². The van der Waals surface area contributed by atoms with Crippen LogP contribution in [0.1, 0.15) is 18.3 Å². The highest BCUT2D eigenvalue weighted by atomic mass is 35.5. The second kappa shape index (κ2) is 6.38. The van der Waals surface area contributed by atoms with Crippen molar-refractivity contribution in [3.8, 4) is 6.07 Å². The molecule has 2 unspecified atom stereocenters. The predicted molar refractivity (Wildman–Crippen MR) is 82.4 cm³/mol. The number of aryl methyl sites for hydroxylation is 1. The zero-order valence-corrected chi connectivity index (χ0v) is 13.0. The third kappa shape index (κ3) is 2.87. The molecule has 1 aromatic heterocycles. The molecule has 4 nitrogen and oxygen atoms in total. The van der Waals surface area contributed by atoms with Crippen molar-refractivity contribution in [2.45, 2.75) is 25.1 Å². The Morgan fingerprint density at radius 2 is 2.30 bits per heavy atom. The lowest BCUT2D eigenvalue weighted by Gasteiger charge is -2.13. The third-order valence-corrected chi connectivity index (χ3v) is 4.77. The van der Waals surface area contributed by atoms with E-state index in [1.54, 1.807) is 12.3 Å². The van der Waals surface area contributed by atoms with Crippen molar-refractivity contribution in [3.05, 3.63) is 29.6 Å². The monoisotopic (exact) mass is 309 g/mol. The molecule has 0 aliphatic heterocycles. The Kier molecular flexibility index (Phi) is 4.79. The SMILES string of the molecule is CC(Cn1c(CCCl)nc2c(C#N)cccc21)S(C)=O. The van der Waals surface area contributed by atoms with Gasteiger partial charge in [-0.15, -0.1) is 11.6 Å². The van der Waals surface area contributed by atoms with Crippen molar-refractivity contribution >= 4 is 33.4 Å². The standard InChI is InChI=1S/C14H16ClN3OS/c1-10(20(2)19)9-18-12-5-3-4-11(8-16)14(12)17-13(18)6-7-15/h3-5,10H,6-7,9H2,1-2H3. The smallest absolute Gasteiger partial charge is 0.111 e. The summed E-state index contributed by atoms with van der Waals surface area (Å²) in [6, 6.07) is 7.70. The Hall–Kier alpha value is -1.38. The van der Waals surface area contributed by atoms with Crippen molar-refractivity contribution in [1.82, 2.24) is 9.55 Å². The van der Waals surface area contributed by atoms with E-state index in [-0.39, 0.29) is 5.25 Å². The number of para-hydroxylation sites is 1. The topological polar surface area (TPSA) is 58.7 Å². The minimum Gasteiger partial charge on any atom is -0.327 e. The van der Waals surface area contributed by atoms with Crippen LogP contribution in [0.5, 0.6) is 0 Å². The van der Waals surface area contributed by atoms with Gasteiger partial charge in [-0.3, -0.25) is 4.21 Å². The molecule has 106 valence electrons. The van der Waals surface area contributed by atoms with E-state index in [0.717, 1.165) is 11.3 Å². The molecule has 0 saturated carbocycles. The van der Waals surface area contributed by atoms with Crippen LogP contribution in [0.4, 0.5) is 0 Å². The lowest BCUT2D eigenvalue weighted by atomic mass is 10.2. The van der Waals surface area contributed by atoms with Gasteiger partial charge in [0, 0.05) is 41.2 Å². The highest BCUT2D eigenvalue weighted by Crippen LogP contribution is 2.21. The summed E-state index contributed by atoms with van der Waals surface area (Å²) in [5.74, 6) is 1.31. The highest BCUT2D eigenvalue weighted by Gasteiger charge is 2.16. The maximum atomic E-state index is 11.6. The van der Waals surface area contributed by atoms with Crippen LogP contribution in [0.25, 0.3) is 11.0 Å². The molecule has 0 bridgehead atoms. The van der Waals surface area contributed by atoms with E-state index in [1.807, 2.05) is 23.6 Å². The van der Waals surface area contributed by atoms with Gasteiger partial charge in [-0.25, -0.2) is 4.98 Å². The van der Waals surface area contributed by atoms with Gasteiger partial charge in [0.2, 0.25) is 0 Å². The molecule has 0 aliphatic carbocycles. The number of alkyl halides is 1. The molecule has 2 aromatic rings. The van der Waals surface area contributed by atoms with Crippen molar-refractivity contribution in [2.75, 3.05) is 12.1 Å². The van der Waals surface area contributed by atoms with Gasteiger partial charge in [-0.05, 0) is 19.1 Å². The van der Waals surface area contributed by atoms with Crippen LogP contribution < -0.4 is 0 Å². The first-order chi connectivity index (χ1) is 9.58. The summed E-state index contributed by atoms with van der Waals surface area (Å²) >= 11 is 5.83. The number of nitrogens with zero attached hydrogens (tertiary/aromatic N) is 3. The highest BCUT2D eigenvalue weighted by molar-refractivity contribution is 7.84. The van der Waals surface area contributed by atoms with Crippen LogP contribution in [0.15, 0.2) is 18.2 Å². The first-order valence-electron chi connectivity index (χ1n) is 6.35. The summed E-state index contributed by atoms with van der Waals surface area (Å²) in [6.07, 6.45) is 2.33. The van der Waals surface area contributed by atoms with Crippen molar-refractivity contribution in [3.63, 3.8) is 0 Å². The van der Waals surface area contributed by atoms with Gasteiger partial charge >= 0.3 is 0 Å². The van der Waals surface area contributed by atoms with Crippen LogP contribution in [-0.2, 0) is 23.8 Å². The van der Waals surface area contributed by atoms with Gasteiger partial charge in [0.05, 0.1) is 11.1 Å². The minimum absolute atomic E-state index is 0.0206. The normalized spacial score (nSPS) is 14.1. The zero-order valence-electron chi connectivity index (χ0n) is 11.5. The van der Waals surface area contributed by atoms with Crippen LogP contribution in [0.3, 0.4) is 0 Å². The number of benzene rings is 1. The maximum Gasteiger partial charge on any atom is 0.111 e. The maximum absolute atomic E-state index is 11.6. The second-order valence-electron chi connectivity index (χ2n) is 4.67. The van der Waals surface area contributed by atoms with Crippen LogP contribution in [-0.4, -0.2) is 31.1 Å². The van der Waals surface area contributed by atoms with E-state index in [4.69, 9.17) is 16.9 Å². The molecule has 0 N–H and O–H groups in total.